The summed E-state index contributed by atoms with van der Waals surface area (Å²) in [6, 6.07) is 0. The fourth-order valence-corrected chi connectivity index (χ4v) is 2.62. The van der Waals surface area contributed by atoms with Crippen molar-refractivity contribution < 1.29 is 4.79 Å². The van der Waals surface area contributed by atoms with Gasteiger partial charge in [-0.15, -0.1) is 0 Å². The van der Waals surface area contributed by atoms with Gasteiger partial charge in [0, 0.05) is 31.8 Å². The van der Waals surface area contributed by atoms with E-state index < -0.39 is 0 Å². The van der Waals surface area contributed by atoms with E-state index in [1.807, 2.05) is 25.0 Å². The Bertz CT molecular complexity index is 377. The molecule has 1 aliphatic rings. The van der Waals surface area contributed by atoms with Crippen molar-refractivity contribution in [2.45, 2.75) is 47.0 Å². The molecule has 4 nitrogen and oxygen atoms in total. The van der Waals surface area contributed by atoms with E-state index in [4.69, 9.17) is 5.73 Å². The highest BCUT2D eigenvalue weighted by Gasteiger charge is 2.23. The van der Waals surface area contributed by atoms with Gasteiger partial charge < -0.3 is 10.6 Å². The molecule has 0 aromatic carbocycles. The number of amides is 1. The first-order valence-corrected chi connectivity index (χ1v) is 8.16. The zero-order valence-electron chi connectivity index (χ0n) is 14.0. The molecular formula is C17H31N3O. The number of carbonyl (C=O) groups excluding carboxylic acids is 1. The van der Waals surface area contributed by atoms with Gasteiger partial charge in [-0.2, -0.15) is 0 Å². The molecule has 1 heterocycles. The molecule has 1 amide bonds. The topological polar surface area (TPSA) is 58.7 Å². The van der Waals surface area contributed by atoms with Gasteiger partial charge in [0.2, 0.25) is 5.91 Å². The van der Waals surface area contributed by atoms with Crippen LogP contribution in [0.1, 0.15) is 47.0 Å². The lowest BCUT2D eigenvalue weighted by Crippen LogP contribution is -2.40. The second-order valence-corrected chi connectivity index (χ2v) is 6.57. The number of piperidine rings is 1. The van der Waals surface area contributed by atoms with E-state index in [1.165, 1.54) is 0 Å². The van der Waals surface area contributed by atoms with Gasteiger partial charge in [0.1, 0.15) is 0 Å². The van der Waals surface area contributed by atoms with Crippen LogP contribution < -0.4 is 5.73 Å². The fourth-order valence-electron chi connectivity index (χ4n) is 2.62. The largest absolute Gasteiger partial charge is 0.404 e. The second-order valence-electron chi connectivity index (χ2n) is 6.57. The Morgan fingerprint density at radius 2 is 1.86 bits per heavy atom. The number of hydrogen-bond donors (Lipinski definition) is 1. The van der Waals surface area contributed by atoms with Crippen LogP contribution in [0.25, 0.3) is 0 Å². The average Bonchev–Trinajstić information content (AvgIpc) is 2.46. The third kappa shape index (κ3) is 5.90. The highest BCUT2D eigenvalue weighted by atomic mass is 16.2. The van der Waals surface area contributed by atoms with Gasteiger partial charge in [0.25, 0.3) is 0 Å². The summed E-state index contributed by atoms with van der Waals surface area (Å²) in [4.78, 5) is 18.4. The van der Waals surface area contributed by atoms with Crippen LogP contribution in [-0.2, 0) is 4.79 Å². The molecule has 0 unspecified atom stereocenters. The van der Waals surface area contributed by atoms with Crippen molar-refractivity contribution in [1.82, 2.24) is 4.90 Å². The minimum Gasteiger partial charge on any atom is -0.404 e. The Balaban J connectivity index is 2.28. The summed E-state index contributed by atoms with van der Waals surface area (Å²) in [5, 5.41) is 0. The maximum Gasteiger partial charge on any atom is 0.225 e. The summed E-state index contributed by atoms with van der Waals surface area (Å²) >= 11 is 0. The molecule has 1 aliphatic heterocycles. The Labute approximate surface area is 129 Å². The van der Waals surface area contributed by atoms with Crippen LogP contribution in [0.2, 0.25) is 0 Å². The van der Waals surface area contributed by atoms with Gasteiger partial charge in [-0.05, 0) is 42.9 Å². The number of aliphatic imine (C=N–C) groups is 1. The molecule has 0 bridgehead atoms. The molecule has 2 N–H and O–H groups in total. The zero-order chi connectivity index (χ0) is 15.8. The van der Waals surface area contributed by atoms with E-state index >= 15 is 0 Å². The lowest BCUT2D eigenvalue weighted by molar-refractivity contribution is -0.135. The number of hydrogen-bond acceptors (Lipinski definition) is 3. The van der Waals surface area contributed by atoms with Gasteiger partial charge in [-0.1, -0.05) is 27.7 Å². The Morgan fingerprint density at radius 3 is 2.33 bits per heavy atom. The van der Waals surface area contributed by atoms with E-state index in [1.54, 1.807) is 6.20 Å². The maximum atomic E-state index is 11.9. The number of nitrogens with zero attached hydrogens (tertiary/aromatic N) is 2. The number of likely N-dealkylation sites (tertiary alicyclic amines) is 1. The normalized spacial score (nSPS) is 18.2. The maximum absolute atomic E-state index is 11.9. The van der Waals surface area contributed by atoms with Gasteiger partial charge in [0.15, 0.2) is 0 Å². The number of carbonyl (C=O) groups is 1. The smallest absolute Gasteiger partial charge is 0.225 e. The van der Waals surface area contributed by atoms with Crippen molar-refractivity contribution in [2.75, 3.05) is 19.6 Å². The average molecular weight is 293 g/mol. The van der Waals surface area contributed by atoms with Crippen molar-refractivity contribution in [3.05, 3.63) is 11.8 Å². The first-order chi connectivity index (χ1) is 9.95. The minimum absolute atomic E-state index is 0.114. The molecule has 1 fully saturated rings. The lowest BCUT2D eigenvalue weighted by Gasteiger charge is -2.32. The highest BCUT2D eigenvalue weighted by Crippen LogP contribution is 2.21. The van der Waals surface area contributed by atoms with Crippen molar-refractivity contribution in [1.29, 1.82) is 0 Å². The molecule has 0 aromatic heterocycles. The molecule has 0 atom stereocenters. The Kier molecular flexibility index (Phi) is 7.48. The molecule has 120 valence electrons. The molecule has 0 aliphatic carbocycles. The van der Waals surface area contributed by atoms with Crippen LogP contribution in [0.15, 0.2) is 16.8 Å². The van der Waals surface area contributed by atoms with Crippen LogP contribution in [0.4, 0.5) is 0 Å². The van der Waals surface area contributed by atoms with Crippen LogP contribution in [0.3, 0.4) is 0 Å². The first kappa shape index (κ1) is 17.7. The van der Waals surface area contributed by atoms with Crippen LogP contribution >= 0.6 is 0 Å². The van der Waals surface area contributed by atoms with Gasteiger partial charge in [-0.3, -0.25) is 9.79 Å². The fraction of sp³-hybridized carbons (Fsp3) is 0.765. The summed E-state index contributed by atoms with van der Waals surface area (Å²) in [6.45, 7) is 10.8. The van der Waals surface area contributed by atoms with E-state index in [0.29, 0.717) is 17.7 Å². The molecule has 0 aromatic rings. The SMILES string of the molecule is CC(C)C(=O)N1CCC(CCN=C/C(=C\N)C(C)C)CC1. The lowest BCUT2D eigenvalue weighted by atomic mass is 9.93. The molecule has 21 heavy (non-hydrogen) atoms. The van der Waals surface area contributed by atoms with Gasteiger partial charge in [0.05, 0.1) is 0 Å². The van der Waals surface area contributed by atoms with E-state index in [0.717, 1.165) is 44.5 Å². The third-order valence-corrected chi connectivity index (χ3v) is 4.19. The van der Waals surface area contributed by atoms with Crippen LogP contribution in [0, 0.1) is 17.8 Å². The molecule has 0 spiro atoms. The van der Waals surface area contributed by atoms with Crippen LogP contribution in [-0.4, -0.2) is 36.7 Å². The van der Waals surface area contributed by atoms with E-state index in [9.17, 15) is 4.79 Å². The predicted molar refractivity (Wildman–Crippen MR) is 89.2 cm³/mol. The van der Waals surface area contributed by atoms with Crippen molar-refractivity contribution >= 4 is 12.1 Å². The van der Waals surface area contributed by atoms with Crippen LogP contribution in [0.5, 0.6) is 0 Å². The molecule has 1 saturated heterocycles. The monoisotopic (exact) mass is 293 g/mol. The summed E-state index contributed by atoms with van der Waals surface area (Å²) in [5.41, 5.74) is 6.67. The van der Waals surface area contributed by atoms with E-state index in [2.05, 4.69) is 18.8 Å². The zero-order valence-corrected chi connectivity index (χ0v) is 14.0. The van der Waals surface area contributed by atoms with Crippen molar-refractivity contribution in [2.24, 2.45) is 28.5 Å². The first-order valence-electron chi connectivity index (χ1n) is 8.16. The standard InChI is InChI=1S/C17H31N3O/c1-13(2)16(11-18)12-19-8-5-15-6-9-20(10-7-15)17(21)14(3)4/h11-15H,5-10,18H2,1-4H3/b16-11+,19-12?. The predicted octanol–water partition coefficient (Wildman–Crippen LogP) is 2.84. The Hall–Kier alpha value is -1.32. The molecule has 0 radical (unpaired) electrons. The quantitative estimate of drug-likeness (QED) is 0.766. The van der Waals surface area contributed by atoms with Gasteiger partial charge in [-0.25, -0.2) is 0 Å². The summed E-state index contributed by atoms with van der Waals surface area (Å²) < 4.78 is 0. The van der Waals surface area contributed by atoms with Crippen molar-refractivity contribution in [3.63, 3.8) is 0 Å². The van der Waals surface area contributed by atoms with Gasteiger partial charge >= 0.3 is 0 Å². The summed E-state index contributed by atoms with van der Waals surface area (Å²) in [6.07, 6.45) is 6.87. The molecule has 1 rings (SSSR count). The third-order valence-electron chi connectivity index (χ3n) is 4.19. The molecule has 0 saturated carbocycles. The second kappa shape index (κ2) is 8.85. The number of allylic oxidation sites excluding steroid dienone is 1. The van der Waals surface area contributed by atoms with Crippen molar-refractivity contribution in [3.8, 4) is 0 Å². The minimum atomic E-state index is 0.114. The molecule has 4 heteroatoms. The summed E-state index contributed by atoms with van der Waals surface area (Å²) in [5.74, 6) is 1.52. The van der Waals surface area contributed by atoms with E-state index in [-0.39, 0.29) is 5.92 Å². The number of nitrogens with two attached hydrogens (primary N) is 1. The highest BCUT2D eigenvalue weighted by molar-refractivity contribution is 5.79. The Morgan fingerprint density at radius 1 is 1.24 bits per heavy atom. The number of rotatable bonds is 6. The molecular weight excluding hydrogens is 262 g/mol. The summed E-state index contributed by atoms with van der Waals surface area (Å²) in [7, 11) is 0.